The molecule has 8 heteroatoms. The van der Waals surface area contributed by atoms with Crippen molar-refractivity contribution in [2.24, 2.45) is 0 Å². The Morgan fingerprint density at radius 3 is 2.93 bits per heavy atom. The van der Waals surface area contributed by atoms with E-state index in [1.165, 1.54) is 11.3 Å². The predicted octanol–water partition coefficient (Wildman–Crippen LogP) is 2.49. The van der Waals surface area contributed by atoms with Crippen LogP contribution in [-0.4, -0.2) is 44.7 Å². The number of likely N-dealkylation sites (tertiary alicyclic amines) is 1. The smallest absolute Gasteiger partial charge is 0.264 e. The molecule has 0 aliphatic carbocycles. The number of nitrogens with zero attached hydrogens (tertiary/aromatic N) is 3. The quantitative estimate of drug-likeness (QED) is 0.858. The van der Waals surface area contributed by atoms with Crippen LogP contribution in [0.5, 0.6) is 0 Å². The molecule has 4 heterocycles. The van der Waals surface area contributed by atoms with Crippen molar-refractivity contribution in [3.8, 4) is 0 Å². The van der Waals surface area contributed by atoms with Gasteiger partial charge in [-0.15, -0.1) is 11.3 Å². The average molecular weight is 401 g/mol. The van der Waals surface area contributed by atoms with Crippen molar-refractivity contribution in [1.29, 1.82) is 0 Å². The Hall–Kier alpha value is -2.48. The van der Waals surface area contributed by atoms with E-state index in [2.05, 4.69) is 4.98 Å². The monoisotopic (exact) mass is 400 g/mol. The molecule has 1 saturated heterocycles. The fourth-order valence-electron chi connectivity index (χ4n) is 4.05. The first-order valence-corrected chi connectivity index (χ1v) is 10.7. The number of carbonyl (C=O) groups excluding carboxylic acids is 2. The maximum absolute atomic E-state index is 13.0. The first-order valence-electron chi connectivity index (χ1n) is 9.82. The number of aromatic nitrogens is 2. The number of fused-ring (bicyclic) bond motifs is 1. The van der Waals surface area contributed by atoms with Crippen LogP contribution in [0.1, 0.15) is 65.4 Å². The number of rotatable bonds is 3. The minimum absolute atomic E-state index is 0.0112. The molecule has 7 nitrogen and oxygen atoms in total. The second-order valence-corrected chi connectivity index (χ2v) is 8.23. The first-order chi connectivity index (χ1) is 13.6. The van der Waals surface area contributed by atoms with Crippen molar-refractivity contribution in [2.45, 2.75) is 51.6 Å². The number of carbonyl (C=O) groups is 2. The lowest BCUT2D eigenvalue weighted by molar-refractivity contribution is -0.131. The number of piperidine rings is 1. The summed E-state index contributed by atoms with van der Waals surface area (Å²) in [5.74, 6) is 0.600. The number of hydrogen-bond acceptors (Lipinski definition) is 5. The van der Waals surface area contributed by atoms with Crippen LogP contribution in [0.3, 0.4) is 0 Å². The third kappa shape index (κ3) is 3.48. The Bertz CT molecular complexity index is 937. The number of aromatic amines is 1. The van der Waals surface area contributed by atoms with E-state index >= 15 is 0 Å². The summed E-state index contributed by atoms with van der Waals surface area (Å²) in [5.41, 5.74) is 1.19. The molecule has 1 fully saturated rings. The molecule has 0 bridgehead atoms. The fourth-order valence-corrected chi connectivity index (χ4v) is 4.73. The highest BCUT2D eigenvalue weighted by Crippen LogP contribution is 2.31. The molecule has 2 aromatic heterocycles. The summed E-state index contributed by atoms with van der Waals surface area (Å²) in [6.45, 7) is 3.41. The van der Waals surface area contributed by atoms with Crippen LogP contribution >= 0.6 is 11.3 Å². The molecule has 2 amide bonds. The van der Waals surface area contributed by atoms with Crippen LogP contribution < -0.4 is 5.56 Å². The van der Waals surface area contributed by atoms with Gasteiger partial charge in [0.1, 0.15) is 5.82 Å². The number of nitrogens with one attached hydrogen (secondary N) is 1. The van der Waals surface area contributed by atoms with Gasteiger partial charge in [-0.1, -0.05) is 13.0 Å². The molecule has 1 atom stereocenters. The van der Waals surface area contributed by atoms with Gasteiger partial charge in [0.25, 0.3) is 11.5 Å². The Kier molecular flexibility index (Phi) is 5.30. The van der Waals surface area contributed by atoms with Crippen molar-refractivity contribution in [3.63, 3.8) is 0 Å². The number of hydrogen-bond donors (Lipinski definition) is 1. The van der Waals surface area contributed by atoms with Gasteiger partial charge >= 0.3 is 0 Å². The van der Waals surface area contributed by atoms with Crippen molar-refractivity contribution in [1.82, 2.24) is 19.8 Å². The third-order valence-electron chi connectivity index (χ3n) is 5.56. The van der Waals surface area contributed by atoms with Crippen LogP contribution in [0, 0.1) is 0 Å². The first kappa shape index (κ1) is 18.9. The largest absolute Gasteiger partial charge is 0.336 e. The average Bonchev–Trinajstić information content (AvgIpc) is 3.27. The molecular formula is C20H24N4O3S. The maximum atomic E-state index is 13.0. The van der Waals surface area contributed by atoms with Crippen molar-refractivity contribution in [3.05, 3.63) is 49.8 Å². The molecule has 4 rings (SSSR count). The minimum atomic E-state index is -0.237. The molecule has 2 aromatic rings. The summed E-state index contributed by atoms with van der Waals surface area (Å²) < 4.78 is 0. The van der Waals surface area contributed by atoms with E-state index in [1.807, 2.05) is 29.3 Å². The second-order valence-electron chi connectivity index (χ2n) is 7.28. The molecule has 0 spiro atoms. The van der Waals surface area contributed by atoms with Gasteiger partial charge in [-0.3, -0.25) is 14.4 Å². The molecule has 0 saturated carbocycles. The highest BCUT2D eigenvalue weighted by molar-refractivity contribution is 7.12. The van der Waals surface area contributed by atoms with Crippen LogP contribution in [0.4, 0.5) is 0 Å². The lowest BCUT2D eigenvalue weighted by atomic mass is 10.00. The van der Waals surface area contributed by atoms with Gasteiger partial charge in [0, 0.05) is 25.1 Å². The van der Waals surface area contributed by atoms with E-state index in [9.17, 15) is 14.4 Å². The van der Waals surface area contributed by atoms with Crippen molar-refractivity contribution in [2.75, 3.05) is 13.1 Å². The molecule has 2 aliphatic heterocycles. The van der Waals surface area contributed by atoms with Gasteiger partial charge in [-0.2, -0.15) is 0 Å². The van der Waals surface area contributed by atoms with Crippen LogP contribution in [0.25, 0.3) is 0 Å². The summed E-state index contributed by atoms with van der Waals surface area (Å²) in [6.07, 6.45) is 3.67. The second kappa shape index (κ2) is 7.87. The van der Waals surface area contributed by atoms with E-state index in [1.54, 1.807) is 4.90 Å². The molecule has 0 radical (unpaired) electrons. The summed E-state index contributed by atoms with van der Waals surface area (Å²) >= 11 is 1.43. The highest BCUT2D eigenvalue weighted by atomic mass is 32.1. The molecule has 148 valence electrons. The minimum Gasteiger partial charge on any atom is -0.336 e. The summed E-state index contributed by atoms with van der Waals surface area (Å²) in [4.78, 5) is 49.7. The van der Waals surface area contributed by atoms with Crippen LogP contribution in [0.2, 0.25) is 0 Å². The summed E-state index contributed by atoms with van der Waals surface area (Å²) in [6, 6.07) is 3.46. The highest BCUT2D eigenvalue weighted by Gasteiger charge is 2.32. The molecule has 28 heavy (non-hydrogen) atoms. The van der Waals surface area contributed by atoms with Gasteiger partial charge < -0.3 is 14.8 Å². The Morgan fingerprint density at radius 1 is 1.32 bits per heavy atom. The Balaban J connectivity index is 1.66. The maximum Gasteiger partial charge on any atom is 0.264 e. The van der Waals surface area contributed by atoms with E-state index in [-0.39, 0.29) is 23.4 Å². The molecule has 0 aromatic carbocycles. The Morgan fingerprint density at radius 2 is 2.18 bits per heavy atom. The number of thiophene rings is 1. The van der Waals surface area contributed by atoms with E-state index in [0.29, 0.717) is 54.4 Å². The number of amides is 2. The van der Waals surface area contributed by atoms with E-state index in [4.69, 9.17) is 4.98 Å². The molecule has 1 N–H and O–H groups in total. The lowest BCUT2D eigenvalue weighted by Crippen LogP contribution is -2.42. The predicted molar refractivity (Wildman–Crippen MR) is 106 cm³/mol. The van der Waals surface area contributed by atoms with E-state index < -0.39 is 0 Å². The summed E-state index contributed by atoms with van der Waals surface area (Å²) in [5, 5.41) is 1.89. The van der Waals surface area contributed by atoms with Gasteiger partial charge in [-0.05, 0) is 37.1 Å². The fraction of sp³-hybridized carbons (Fsp3) is 0.500. The number of H-pyrrole nitrogens is 1. The van der Waals surface area contributed by atoms with Crippen LogP contribution in [0.15, 0.2) is 22.3 Å². The zero-order chi connectivity index (χ0) is 19.7. The zero-order valence-electron chi connectivity index (χ0n) is 15.9. The Labute approximate surface area is 167 Å². The SMILES string of the molecule is CCC(=O)N1CCc2c(nc([C@@H]3CCCCN3C(=O)c3cccs3)[nH]c2=O)C1. The molecule has 0 unspecified atom stereocenters. The van der Waals surface area contributed by atoms with Crippen LogP contribution in [-0.2, 0) is 17.8 Å². The zero-order valence-corrected chi connectivity index (χ0v) is 16.8. The third-order valence-corrected chi connectivity index (χ3v) is 6.42. The molecule has 2 aliphatic rings. The standard InChI is InChI=1S/C20H24N4O3S/c1-2-17(25)23-10-8-13-14(12-23)21-18(22-19(13)26)15-6-3-4-9-24(15)20(27)16-7-5-11-28-16/h5,7,11,15H,2-4,6,8-10,12H2,1H3,(H,21,22,26)/t15-/m0/s1. The topological polar surface area (TPSA) is 86.4 Å². The van der Waals surface area contributed by atoms with Gasteiger partial charge in [0.05, 0.1) is 23.2 Å². The van der Waals surface area contributed by atoms with Gasteiger partial charge in [-0.25, -0.2) is 4.98 Å². The van der Waals surface area contributed by atoms with Gasteiger partial charge in [0.15, 0.2) is 0 Å². The molecular weight excluding hydrogens is 376 g/mol. The summed E-state index contributed by atoms with van der Waals surface area (Å²) in [7, 11) is 0. The van der Waals surface area contributed by atoms with Crippen molar-refractivity contribution >= 4 is 23.2 Å². The normalized spacial score (nSPS) is 19.4. The van der Waals surface area contributed by atoms with Crippen molar-refractivity contribution < 1.29 is 9.59 Å². The lowest BCUT2D eigenvalue weighted by Gasteiger charge is -2.35. The van der Waals surface area contributed by atoms with E-state index in [0.717, 1.165) is 19.3 Å². The van der Waals surface area contributed by atoms with Gasteiger partial charge in [0.2, 0.25) is 5.91 Å².